The van der Waals surface area contributed by atoms with Gasteiger partial charge in [0.15, 0.2) is 5.78 Å². The van der Waals surface area contributed by atoms with Crippen LogP contribution in [0.1, 0.15) is 23.7 Å². The van der Waals surface area contributed by atoms with Crippen LogP contribution >= 0.6 is 0 Å². The van der Waals surface area contributed by atoms with E-state index in [0.717, 1.165) is 10.8 Å². The smallest absolute Gasteiger partial charge is 0.240 e. The summed E-state index contributed by atoms with van der Waals surface area (Å²) in [7, 11) is -3.70. The summed E-state index contributed by atoms with van der Waals surface area (Å²) < 4.78 is 27.3. The molecule has 3 aromatic rings. The van der Waals surface area contributed by atoms with Crippen molar-refractivity contribution >= 4 is 38.2 Å². The Bertz CT molecular complexity index is 1120. The first-order valence-electron chi connectivity index (χ1n) is 8.74. The molecule has 0 unspecified atom stereocenters. The molecular weight excluding hydrogens is 376 g/mol. The third-order valence-corrected chi connectivity index (χ3v) is 5.71. The van der Waals surface area contributed by atoms with Crippen molar-refractivity contribution < 1.29 is 18.0 Å². The molecule has 0 aliphatic carbocycles. The van der Waals surface area contributed by atoms with Gasteiger partial charge in [0, 0.05) is 24.2 Å². The molecule has 0 saturated heterocycles. The molecular formula is C21H20N2O4S. The van der Waals surface area contributed by atoms with Crippen LogP contribution in [0.4, 0.5) is 5.69 Å². The van der Waals surface area contributed by atoms with E-state index in [1.165, 1.54) is 6.92 Å². The van der Waals surface area contributed by atoms with Gasteiger partial charge in [0.25, 0.3) is 0 Å². The second-order valence-electron chi connectivity index (χ2n) is 6.34. The van der Waals surface area contributed by atoms with Gasteiger partial charge < -0.3 is 5.32 Å². The molecule has 0 aliphatic heterocycles. The Balaban J connectivity index is 1.56. The Kier molecular flexibility index (Phi) is 5.87. The summed E-state index contributed by atoms with van der Waals surface area (Å²) >= 11 is 0. The monoisotopic (exact) mass is 396 g/mol. The van der Waals surface area contributed by atoms with E-state index in [2.05, 4.69) is 10.0 Å². The summed E-state index contributed by atoms with van der Waals surface area (Å²) in [6, 6.07) is 18.9. The molecule has 0 radical (unpaired) electrons. The second-order valence-corrected chi connectivity index (χ2v) is 8.11. The van der Waals surface area contributed by atoms with E-state index in [-0.39, 0.29) is 29.6 Å². The van der Waals surface area contributed by atoms with Gasteiger partial charge in [0.2, 0.25) is 15.9 Å². The molecule has 0 saturated carbocycles. The number of nitrogens with one attached hydrogen (secondary N) is 2. The number of ketones is 1. The molecule has 0 aromatic heterocycles. The van der Waals surface area contributed by atoms with Crippen LogP contribution in [0.3, 0.4) is 0 Å². The Hall–Kier alpha value is -3.03. The van der Waals surface area contributed by atoms with Crippen LogP contribution in [-0.2, 0) is 14.8 Å². The maximum Gasteiger partial charge on any atom is 0.240 e. The van der Waals surface area contributed by atoms with Crippen molar-refractivity contribution in [2.45, 2.75) is 18.2 Å². The highest BCUT2D eigenvalue weighted by Gasteiger charge is 2.14. The third kappa shape index (κ3) is 4.82. The molecule has 3 rings (SSSR count). The number of amides is 1. The fourth-order valence-corrected chi connectivity index (χ4v) is 3.80. The highest BCUT2D eigenvalue weighted by molar-refractivity contribution is 7.89. The minimum atomic E-state index is -3.70. The van der Waals surface area contributed by atoms with E-state index in [1.54, 1.807) is 42.5 Å². The van der Waals surface area contributed by atoms with Gasteiger partial charge in [0.05, 0.1) is 4.90 Å². The number of carbonyl (C=O) groups excluding carboxylic acids is 2. The molecule has 3 aromatic carbocycles. The topological polar surface area (TPSA) is 92.3 Å². The van der Waals surface area contributed by atoms with Crippen LogP contribution in [0.5, 0.6) is 0 Å². The lowest BCUT2D eigenvalue weighted by Gasteiger charge is -2.09. The Labute approximate surface area is 163 Å². The summed E-state index contributed by atoms with van der Waals surface area (Å²) in [6.45, 7) is 1.45. The fraction of sp³-hybridized carbons (Fsp3) is 0.143. The molecule has 144 valence electrons. The third-order valence-electron chi connectivity index (χ3n) is 4.25. The van der Waals surface area contributed by atoms with Gasteiger partial charge in [-0.15, -0.1) is 0 Å². The first kappa shape index (κ1) is 19.7. The van der Waals surface area contributed by atoms with Gasteiger partial charge in [-0.2, -0.15) is 0 Å². The van der Waals surface area contributed by atoms with Gasteiger partial charge in [-0.3, -0.25) is 9.59 Å². The summed E-state index contributed by atoms with van der Waals surface area (Å²) in [5, 5.41) is 4.46. The van der Waals surface area contributed by atoms with E-state index in [4.69, 9.17) is 0 Å². The molecule has 0 aliphatic rings. The van der Waals surface area contributed by atoms with E-state index in [9.17, 15) is 18.0 Å². The van der Waals surface area contributed by atoms with Crippen LogP contribution < -0.4 is 10.0 Å². The van der Waals surface area contributed by atoms with Crippen molar-refractivity contribution in [2.24, 2.45) is 0 Å². The number of anilines is 1. The SMILES string of the molecule is CC(=O)c1ccc(NC(=O)CCNS(=O)(=O)c2ccc3ccccc3c2)cc1. The fourth-order valence-electron chi connectivity index (χ4n) is 2.73. The number of fused-ring (bicyclic) bond motifs is 1. The molecule has 2 N–H and O–H groups in total. The molecule has 6 nitrogen and oxygen atoms in total. The molecule has 0 heterocycles. The van der Waals surface area contributed by atoms with E-state index >= 15 is 0 Å². The number of sulfonamides is 1. The summed E-state index contributed by atoms with van der Waals surface area (Å²) in [4.78, 5) is 23.4. The molecule has 0 fully saturated rings. The lowest BCUT2D eigenvalue weighted by atomic mass is 10.1. The van der Waals surface area contributed by atoms with Crippen molar-refractivity contribution in [1.82, 2.24) is 4.72 Å². The zero-order valence-corrected chi connectivity index (χ0v) is 16.1. The lowest BCUT2D eigenvalue weighted by molar-refractivity contribution is -0.116. The maximum atomic E-state index is 12.4. The van der Waals surface area contributed by atoms with E-state index in [0.29, 0.717) is 11.3 Å². The van der Waals surface area contributed by atoms with E-state index in [1.807, 2.05) is 24.3 Å². The van der Waals surface area contributed by atoms with Crippen LogP contribution in [0.15, 0.2) is 71.6 Å². The highest BCUT2D eigenvalue weighted by atomic mass is 32.2. The standard InChI is InChI=1S/C21H20N2O4S/c1-15(24)16-6-9-19(10-7-16)23-21(25)12-13-22-28(26,27)20-11-8-17-4-2-3-5-18(17)14-20/h2-11,14,22H,12-13H2,1H3,(H,23,25). The van der Waals surface area contributed by atoms with Crippen molar-refractivity contribution in [1.29, 1.82) is 0 Å². The van der Waals surface area contributed by atoms with Crippen LogP contribution in [0.2, 0.25) is 0 Å². The quantitative estimate of drug-likeness (QED) is 0.599. The summed E-state index contributed by atoms with van der Waals surface area (Å²) in [5.74, 6) is -0.377. The molecule has 7 heteroatoms. The number of hydrogen-bond acceptors (Lipinski definition) is 4. The zero-order valence-electron chi connectivity index (χ0n) is 15.3. The Morgan fingerprint density at radius 2 is 1.57 bits per heavy atom. The van der Waals surface area contributed by atoms with Gasteiger partial charge >= 0.3 is 0 Å². The predicted octanol–water partition coefficient (Wildman–Crippen LogP) is 3.35. The summed E-state index contributed by atoms with van der Waals surface area (Å²) in [6.07, 6.45) is -0.0126. The second kappa shape index (κ2) is 8.33. The van der Waals surface area contributed by atoms with Crippen molar-refractivity contribution in [2.75, 3.05) is 11.9 Å². The average molecular weight is 396 g/mol. The average Bonchev–Trinajstić information content (AvgIpc) is 2.68. The van der Waals surface area contributed by atoms with Gasteiger partial charge in [-0.25, -0.2) is 13.1 Å². The Morgan fingerprint density at radius 1 is 0.893 bits per heavy atom. The molecule has 0 bridgehead atoms. The van der Waals surface area contributed by atoms with Gasteiger partial charge in [-0.1, -0.05) is 30.3 Å². The lowest BCUT2D eigenvalue weighted by Crippen LogP contribution is -2.27. The normalized spacial score (nSPS) is 11.3. The van der Waals surface area contributed by atoms with Crippen molar-refractivity contribution in [3.05, 3.63) is 72.3 Å². The first-order valence-corrected chi connectivity index (χ1v) is 10.2. The maximum absolute atomic E-state index is 12.4. The van der Waals surface area contributed by atoms with Gasteiger partial charge in [0.1, 0.15) is 0 Å². The van der Waals surface area contributed by atoms with Crippen LogP contribution in [-0.4, -0.2) is 26.7 Å². The summed E-state index contributed by atoms with van der Waals surface area (Å²) in [5.41, 5.74) is 1.11. The number of Topliss-reactive ketones (excluding diaryl/α,β-unsaturated/α-hetero) is 1. The van der Waals surface area contributed by atoms with Crippen LogP contribution in [0, 0.1) is 0 Å². The zero-order chi connectivity index (χ0) is 20.1. The van der Waals surface area contributed by atoms with E-state index < -0.39 is 10.0 Å². The Morgan fingerprint density at radius 3 is 2.25 bits per heavy atom. The molecule has 0 atom stereocenters. The molecule has 0 spiro atoms. The first-order chi connectivity index (χ1) is 13.3. The largest absolute Gasteiger partial charge is 0.326 e. The number of hydrogen-bond donors (Lipinski definition) is 2. The number of carbonyl (C=O) groups is 2. The van der Waals surface area contributed by atoms with Crippen molar-refractivity contribution in [3.8, 4) is 0 Å². The number of rotatable bonds is 7. The van der Waals surface area contributed by atoms with Gasteiger partial charge in [-0.05, 0) is 54.1 Å². The highest BCUT2D eigenvalue weighted by Crippen LogP contribution is 2.18. The predicted molar refractivity (Wildman–Crippen MR) is 109 cm³/mol. The minimum Gasteiger partial charge on any atom is -0.326 e. The number of benzene rings is 3. The van der Waals surface area contributed by atoms with Crippen LogP contribution in [0.25, 0.3) is 10.8 Å². The molecule has 28 heavy (non-hydrogen) atoms. The van der Waals surface area contributed by atoms with Crippen molar-refractivity contribution in [3.63, 3.8) is 0 Å². The minimum absolute atomic E-state index is 0.0126. The molecule has 1 amide bonds.